The highest BCUT2D eigenvalue weighted by Gasteiger charge is 2.30. The number of hydrogen-bond donors (Lipinski definition) is 1. The number of amides is 2. The Kier molecular flexibility index (Phi) is 4.05. The molecule has 0 radical (unpaired) electrons. The van der Waals surface area contributed by atoms with E-state index in [1.165, 1.54) is 4.90 Å². The number of para-hydroxylation sites is 2. The quantitative estimate of drug-likeness (QED) is 0.788. The molecule has 1 aliphatic rings. The van der Waals surface area contributed by atoms with E-state index in [2.05, 4.69) is 5.32 Å². The maximum Gasteiger partial charge on any atom is 0.268 e. The Labute approximate surface area is 151 Å². The summed E-state index contributed by atoms with van der Waals surface area (Å²) in [5.41, 5.74) is 1.32. The third-order valence-electron chi connectivity index (χ3n) is 4.42. The summed E-state index contributed by atoms with van der Waals surface area (Å²) in [4.78, 5) is 26.3. The Bertz CT molecular complexity index is 999. The molecular formula is C21H18N2O3. The molecule has 4 rings (SSSR count). The molecule has 0 spiro atoms. The molecular weight excluding hydrogens is 328 g/mol. The lowest BCUT2D eigenvalue weighted by atomic mass is 10.1. The zero-order chi connectivity index (χ0) is 18.1. The molecule has 0 saturated heterocycles. The molecule has 0 saturated carbocycles. The summed E-state index contributed by atoms with van der Waals surface area (Å²) in [6.45, 7) is 1.69. The minimum absolute atomic E-state index is 0.0126. The summed E-state index contributed by atoms with van der Waals surface area (Å²) >= 11 is 0. The summed E-state index contributed by atoms with van der Waals surface area (Å²) in [6, 6.07) is 20.9. The monoisotopic (exact) mass is 346 g/mol. The van der Waals surface area contributed by atoms with Gasteiger partial charge in [0, 0.05) is 0 Å². The van der Waals surface area contributed by atoms with Crippen LogP contribution in [-0.4, -0.2) is 24.5 Å². The van der Waals surface area contributed by atoms with Crippen molar-refractivity contribution >= 4 is 34.0 Å². The molecule has 0 aromatic heterocycles. The van der Waals surface area contributed by atoms with Crippen LogP contribution in [0, 0.1) is 0 Å². The molecule has 130 valence electrons. The topological polar surface area (TPSA) is 58.6 Å². The molecule has 1 N–H and O–H groups in total. The molecule has 0 aliphatic carbocycles. The van der Waals surface area contributed by atoms with Gasteiger partial charge >= 0.3 is 0 Å². The average Bonchev–Trinajstić information content (AvgIpc) is 2.66. The molecule has 2 amide bonds. The molecule has 0 fully saturated rings. The predicted octanol–water partition coefficient (Wildman–Crippen LogP) is 3.59. The van der Waals surface area contributed by atoms with Crippen LogP contribution in [-0.2, 0) is 9.59 Å². The van der Waals surface area contributed by atoms with Gasteiger partial charge in [-0.25, -0.2) is 0 Å². The molecule has 3 aromatic rings. The Balaban J connectivity index is 1.57. The maximum absolute atomic E-state index is 12.9. The lowest BCUT2D eigenvalue weighted by molar-refractivity contribution is -0.126. The molecule has 5 heteroatoms. The van der Waals surface area contributed by atoms with Gasteiger partial charge in [-0.2, -0.15) is 0 Å². The van der Waals surface area contributed by atoms with Crippen molar-refractivity contribution in [3.63, 3.8) is 0 Å². The predicted molar refractivity (Wildman–Crippen MR) is 101 cm³/mol. The van der Waals surface area contributed by atoms with E-state index in [0.29, 0.717) is 17.1 Å². The van der Waals surface area contributed by atoms with E-state index in [1.807, 2.05) is 60.7 Å². The van der Waals surface area contributed by atoms with Gasteiger partial charge in [0.05, 0.1) is 11.4 Å². The van der Waals surface area contributed by atoms with Crippen LogP contribution in [0.4, 0.5) is 11.4 Å². The fourth-order valence-corrected chi connectivity index (χ4v) is 3.14. The Hall–Kier alpha value is -3.34. The second-order valence-corrected chi connectivity index (χ2v) is 6.26. The molecule has 1 atom stereocenters. The van der Waals surface area contributed by atoms with Gasteiger partial charge in [-0.05, 0) is 42.0 Å². The van der Waals surface area contributed by atoms with Gasteiger partial charge in [0.1, 0.15) is 12.3 Å². The molecule has 3 aromatic carbocycles. The first kappa shape index (κ1) is 16.1. The van der Waals surface area contributed by atoms with Gasteiger partial charge in [-0.15, -0.1) is 0 Å². The Morgan fingerprint density at radius 2 is 1.77 bits per heavy atom. The van der Waals surface area contributed by atoms with E-state index in [9.17, 15) is 9.59 Å². The zero-order valence-electron chi connectivity index (χ0n) is 14.3. The van der Waals surface area contributed by atoms with Crippen molar-refractivity contribution in [3.05, 3.63) is 66.7 Å². The van der Waals surface area contributed by atoms with Gasteiger partial charge < -0.3 is 10.1 Å². The van der Waals surface area contributed by atoms with Crippen molar-refractivity contribution in [2.24, 2.45) is 0 Å². The second kappa shape index (κ2) is 6.52. The van der Waals surface area contributed by atoms with Crippen molar-refractivity contribution in [1.82, 2.24) is 0 Å². The van der Waals surface area contributed by atoms with Gasteiger partial charge in [0.15, 0.2) is 6.10 Å². The Morgan fingerprint density at radius 1 is 1.04 bits per heavy atom. The molecule has 26 heavy (non-hydrogen) atoms. The highest BCUT2D eigenvalue weighted by molar-refractivity contribution is 6.10. The number of nitrogens with one attached hydrogen (secondary N) is 1. The highest BCUT2D eigenvalue weighted by Crippen LogP contribution is 2.30. The first-order valence-electron chi connectivity index (χ1n) is 8.47. The van der Waals surface area contributed by atoms with E-state index in [1.54, 1.807) is 13.0 Å². The van der Waals surface area contributed by atoms with Gasteiger partial charge in [0.2, 0.25) is 5.91 Å². The standard InChI is InChI=1S/C21H18N2O3/c1-14(26-17-11-10-15-6-2-3-7-16(15)12-17)21(25)23-13-20(24)22-18-8-4-5-9-19(18)23/h2-12,14H,13H2,1H3,(H,22,24). The SMILES string of the molecule is CC(Oc1ccc2ccccc2c1)C(=O)N1CC(=O)Nc2ccccc21. The van der Waals surface area contributed by atoms with Crippen LogP contribution in [0.3, 0.4) is 0 Å². The third-order valence-corrected chi connectivity index (χ3v) is 4.42. The van der Waals surface area contributed by atoms with E-state index < -0.39 is 6.10 Å². The van der Waals surface area contributed by atoms with Crippen LogP contribution in [0.1, 0.15) is 6.92 Å². The number of hydrogen-bond acceptors (Lipinski definition) is 3. The van der Waals surface area contributed by atoms with Crippen molar-refractivity contribution in [3.8, 4) is 5.75 Å². The number of benzene rings is 3. The summed E-state index contributed by atoms with van der Waals surface area (Å²) < 4.78 is 5.86. The van der Waals surface area contributed by atoms with E-state index in [0.717, 1.165) is 10.8 Å². The van der Waals surface area contributed by atoms with Crippen LogP contribution in [0.5, 0.6) is 5.75 Å². The fraction of sp³-hybridized carbons (Fsp3) is 0.143. The summed E-state index contributed by atoms with van der Waals surface area (Å²) in [6.07, 6.45) is -0.713. The lowest BCUT2D eigenvalue weighted by Crippen LogP contribution is -2.47. The van der Waals surface area contributed by atoms with Crippen LogP contribution < -0.4 is 15.0 Å². The van der Waals surface area contributed by atoms with E-state index in [-0.39, 0.29) is 18.4 Å². The second-order valence-electron chi connectivity index (χ2n) is 6.26. The smallest absolute Gasteiger partial charge is 0.268 e. The molecule has 1 heterocycles. The minimum atomic E-state index is -0.713. The van der Waals surface area contributed by atoms with Crippen molar-refractivity contribution in [2.45, 2.75) is 13.0 Å². The number of fused-ring (bicyclic) bond motifs is 2. The van der Waals surface area contributed by atoms with Crippen LogP contribution in [0.2, 0.25) is 0 Å². The number of nitrogens with zero attached hydrogens (tertiary/aromatic N) is 1. The van der Waals surface area contributed by atoms with Crippen molar-refractivity contribution < 1.29 is 14.3 Å². The number of rotatable bonds is 3. The highest BCUT2D eigenvalue weighted by atomic mass is 16.5. The summed E-state index contributed by atoms with van der Waals surface area (Å²) in [5, 5.41) is 4.94. The fourth-order valence-electron chi connectivity index (χ4n) is 3.14. The summed E-state index contributed by atoms with van der Waals surface area (Å²) in [7, 11) is 0. The van der Waals surface area contributed by atoms with Crippen LogP contribution in [0.25, 0.3) is 10.8 Å². The largest absolute Gasteiger partial charge is 0.481 e. The third kappa shape index (κ3) is 2.99. The first-order valence-corrected chi connectivity index (χ1v) is 8.47. The van der Waals surface area contributed by atoms with E-state index >= 15 is 0 Å². The first-order chi connectivity index (χ1) is 12.6. The van der Waals surface area contributed by atoms with Crippen molar-refractivity contribution in [2.75, 3.05) is 16.8 Å². The molecule has 0 bridgehead atoms. The van der Waals surface area contributed by atoms with Gasteiger partial charge in [-0.3, -0.25) is 14.5 Å². The average molecular weight is 346 g/mol. The van der Waals surface area contributed by atoms with Gasteiger partial charge in [0.25, 0.3) is 5.91 Å². The number of carbonyl (C=O) groups is 2. The molecule has 1 unspecified atom stereocenters. The molecule has 5 nitrogen and oxygen atoms in total. The number of carbonyl (C=O) groups excluding carboxylic acids is 2. The molecule has 1 aliphatic heterocycles. The maximum atomic E-state index is 12.9. The zero-order valence-corrected chi connectivity index (χ0v) is 14.3. The van der Waals surface area contributed by atoms with Crippen molar-refractivity contribution in [1.29, 1.82) is 0 Å². The minimum Gasteiger partial charge on any atom is -0.481 e. The van der Waals surface area contributed by atoms with Crippen LogP contribution >= 0.6 is 0 Å². The van der Waals surface area contributed by atoms with Gasteiger partial charge in [-0.1, -0.05) is 42.5 Å². The summed E-state index contributed by atoms with van der Waals surface area (Å²) in [5.74, 6) is 0.162. The Morgan fingerprint density at radius 3 is 2.62 bits per heavy atom. The lowest BCUT2D eigenvalue weighted by Gasteiger charge is -2.31. The van der Waals surface area contributed by atoms with Crippen LogP contribution in [0.15, 0.2) is 66.7 Å². The normalized spacial score (nSPS) is 14.5. The number of ether oxygens (including phenoxy) is 1. The van der Waals surface area contributed by atoms with E-state index in [4.69, 9.17) is 4.74 Å². The number of anilines is 2.